The molecule has 5 aromatic rings. The molecule has 0 unspecified atom stereocenters. The van der Waals surface area contributed by atoms with Crippen molar-refractivity contribution >= 4 is 45.6 Å². The number of likely N-dealkylation sites (tertiary alicyclic amines) is 1. The Hall–Kier alpha value is -5.41. The van der Waals surface area contributed by atoms with Crippen LogP contribution in [0.2, 0.25) is 0 Å². The molecule has 13 nitrogen and oxygen atoms in total. The van der Waals surface area contributed by atoms with Crippen LogP contribution < -0.4 is 20.3 Å². The maximum Gasteiger partial charge on any atom is 0.246 e. The Kier molecular flexibility index (Phi) is 14.3. The predicted molar refractivity (Wildman–Crippen MR) is 230 cm³/mol. The molecule has 1 aliphatic rings. The first-order valence-electron chi connectivity index (χ1n) is 19.8. The van der Waals surface area contributed by atoms with Crippen molar-refractivity contribution in [1.29, 1.82) is 0 Å². The zero-order chi connectivity index (χ0) is 42.1. The third-order valence-electron chi connectivity index (χ3n) is 10.2. The summed E-state index contributed by atoms with van der Waals surface area (Å²) in [5.41, 5.74) is 8.01. The van der Waals surface area contributed by atoms with Gasteiger partial charge in [0, 0.05) is 50.2 Å². The van der Waals surface area contributed by atoms with Crippen molar-refractivity contribution in [2.45, 2.75) is 58.8 Å². The van der Waals surface area contributed by atoms with Gasteiger partial charge in [-0.05, 0) is 59.9 Å². The van der Waals surface area contributed by atoms with Crippen LogP contribution in [0.5, 0.6) is 5.75 Å². The number of pyridine rings is 1. The van der Waals surface area contributed by atoms with Gasteiger partial charge in [0.05, 0.1) is 53.2 Å². The summed E-state index contributed by atoms with van der Waals surface area (Å²) >= 11 is 1.58. The number of anilines is 1. The average molecular weight is 823 g/mol. The van der Waals surface area contributed by atoms with Crippen LogP contribution in [-0.2, 0) is 30.4 Å². The van der Waals surface area contributed by atoms with Crippen LogP contribution in [0, 0.1) is 12.3 Å². The Morgan fingerprint density at radius 3 is 2.34 bits per heavy atom. The minimum Gasteiger partial charge on any atom is -0.491 e. The molecule has 312 valence electrons. The van der Waals surface area contributed by atoms with E-state index in [0.29, 0.717) is 19.0 Å². The van der Waals surface area contributed by atoms with Gasteiger partial charge in [0.1, 0.15) is 31.0 Å². The van der Waals surface area contributed by atoms with Gasteiger partial charge in [-0.1, -0.05) is 63.2 Å². The molecule has 3 aromatic carbocycles. The first-order chi connectivity index (χ1) is 28.3. The number of carbonyl (C=O) groups excluding carboxylic acids is 3. The molecule has 0 spiro atoms. The first-order valence-corrected chi connectivity index (χ1v) is 20.7. The molecule has 6 rings (SSSR count). The normalized spacial score (nSPS) is 15.9. The Labute approximate surface area is 349 Å². The number of β-amino-alcohol motifs (C(OH)–C–C–N with tert-alkyl or cyclic N) is 1. The molecule has 0 saturated carbocycles. The summed E-state index contributed by atoms with van der Waals surface area (Å²) in [6, 6.07) is 24.2. The Balaban J connectivity index is 0.905. The molecule has 59 heavy (non-hydrogen) atoms. The summed E-state index contributed by atoms with van der Waals surface area (Å²) in [6.45, 7) is 8.52. The SMILES string of the molecule is Cc1ncsc1-c1ccc(CNC(=O)[C@@H]2C[C@@H](O)CN2C(=O)[C@@H](NC(=O)COCCOCCOc2ccc3nc(-c4ccc(N(C)C)cc4)ccc3c2)C(C)(C)C)cc1. The molecule has 3 heterocycles. The molecule has 2 aromatic heterocycles. The highest BCUT2D eigenvalue weighted by Crippen LogP contribution is 2.29. The number of ether oxygens (including phenoxy) is 3. The van der Waals surface area contributed by atoms with Gasteiger partial charge in [0.2, 0.25) is 17.7 Å². The lowest BCUT2D eigenvalue weighted by Gasteiger charge is -2.35. The number of aliphatic hydroxyl groups excluding tert-OH is 1. The van der Waals surface area contributed by atoms with Gasteiger partial charge in [-0.15, -0.1) is 11.3 Å². The Bertz CT molecular complexity index is 2200. The van der Waals surface area contributed by atoms with E-state index in [1.54, 1.807) is 11.3 Å². The number of benzene rings is 3. The largest absolute Gasteiger partial charge is 0.491 e. The van der Waals surface area contributed by atoms with Crippen molar-refractivity contribution in [3.8, 4) is 27.4 Å². The smallest absolute Gasteiger partial charge is 0.246 e. The zero-order valence-corrected chi connectivity index (χ0v) is 35.4. The number of rotatable bonds is 17. The summed E-state index contributed by atoms with van der Waals surface area (Å²) in [5.74, 6) is -0.564. The molecule has 0 bridgehead atoms. The van der Waals surface area contributed by atoms with Gasteiger partial charge in [-0.3, -0.25) is 14.4 Å². The first kappa shape index (κ1) is 43.2. The van der Waals surface area contributed by atoms with Crippen molar-refractivity contribution in [3.05, 3.63) is 95.6 Å². The molecule has 1 aliphatic heterocycles. The van der Waals surface area contributed by atoms with Crippen molar-refractivity contribution in [1.82, 2.24) is 25.5 Å². The number of aromatic nitrogens is 2. The lowest BCUT2D eigenvalue weighted by atomic mass is 9.85. The molecule has 1 fully saturated rings. The standard InChI is InChI=1S/C45H54N6O7S/c1-29-41(59-28-47-29)32-9-7-30(8-10-32)25-46-43(54)39-24-35(52)26-51(39)44(55)42(45(2,3)4)49-40(53)27-57-20-19-56-21-22-58-36-16-18-38-33(23-36)13-17-37(48-38)31-11-14-34(15-12-31)50(5)6/h7-18,23,28,35,39,42,52H,19-22,24-27H2,1-6H3,(H,46,54)(H,49,53)/t35-,39+,42-/m1/s1. The summed E-state index contributed by atoms with van der Waals surface area (Å²) < 4.78 is 17.1. The molecule has 14 heteroatoms. The van der Waals surface area contributed by atoms with E-state index in [0.717, 1.165) is 49.5 Å². The molecule has 3 amide bonds. The van der Waals surface area contributed by atoms with Crippen LogP contribution in [0.4, 0.5) is 5.69 Å². The number of nitrogens with one attached hydrogen (secondary N) is 2. The van der Waals surface area contributed by atoms with Gasteiger partial charge >= 0.3 is 0 Å². The molecule has 0 aliphatic carbocycles. The van der Waals surface area contributed by atoms with Crippen LogP contribution in [0.15, 0.2) is 84.4 Å². The molecule has 3 N–H and O–H groups in total. The molecule has 3 atom stereocenters. The maximum atomic E-state index is 13.9. The van der Waals surface area contributed by atoms with Crippen LogP contribution in [0.25, 0.3) is 32.6 Å². The Morgan fingerprint density at radius 1 is 0.932 bits per heavy atom. The van der Waals surface area contributed by atoms with Gasteiger partial charge in [-0.2, -0.15) is 0 Å². The monoisotopic (exact) mass is 822 g/mol. The lowest BCUT2D eigenvalue weighted by Crippen LogP contribution is -2.58. The highest BCUT2D eigenvalue weighted by Gasteiger charge is 2.44. The number of carbonyl (C=O) groups is 3. The van der Waals surface area contributed by atoms with Gasteiger partial charge < -0.3 is 39.8 Å². The van der Waals surface area contributed by atoms with E-state index < -0.39 is 35.4 Å². The van der Waals surface area contributed by atoms with Crippen molar-refractivity contribution < 1.29 is 33.7 Å². The van der Waals surface area contributed by atoms with Crippen molar-refractivity contribution in [2.24, 2.45) is 5.41 Å². The number of nitrogens with zero attached hydrogens (tertiary/aromatic N) is 4. The van der Waals surface area contributed by atoms with E-state index in [9.17, 15) is 19.5 Å². The van der Waals surface area contributed by atoms with Crippen LogP contribution in [0.3, 0.4) is 0 Å². The topological polar surface area (TPSA) is 155 Å². The average Bonchev–Trinajstić information content (AvgIpc) is 3.84. The second-order valence-electron chi connectivity index (χ2n) is 15.9. The zero-order valence-electron chi connectivity index (χ0n) is 34.6. The number of fused-ring (bicyclic) bond motifs is 1. The fourth-order valence-electron chi connectivity index (χ4n) is 6.87. The van der Waals surface area contributed by atoms with Crippen LogP contribution in [-0.4, -0.2) is 110 Å². The van der Waals surface area contributed by atoms with Gasteiger partial charge in [0.25, 0.3) is 0 Å². The third-order valence-corrected chi connectivity index (χ3v) is 11.1. The number of aryl methyl sites for hydroxylation is 1. The van der Waals surface area contributed by atoms with Crippen LogP contribution in [0.1, 0.15) is 38.4 Å². The van der Waals surface area contributed by atoms with E-state index in [2.05, 4.69) is 44.8 Å². The number of amides is 3. The van der Waals surface area contributed by atoms with Gasteiger partial charge in [0.15, 0.2) is 0 Å². The second-order valence-corrected chi connectivity index (χ2v) is 16.8. The highest BCUT2D eigenvalue weighted by atomic mass is 32.1. The quantitative estimate of drug-likeness (QED) is 0.101. The van der Waals surface area contributed by atoms with Crippen molar-refractivity contribution in [3.63, 3.8) is 0 Å². The number of hydrogen-bond donors (Lipinski definition) is 3. The number of aliphatic hydroxyl groups is 1. The summed E-state index contributed by atoms with van der Waals surface area (Å²) in [4.78, 5) is 53.9. The highest BCUT2D eigenvalue weighted by molar-refractivity contribution is 7.13. The van der Waals surface area contributed by atoms with E-state index in [1.165, 1.54) is 4.90 Å². The van der Waals surface area contributed by atoms with Crippen molar-refractivity contribution in [2.75, 3.05) is 58.6 Å². The molecule has 0 radical (unpaired) electrons. The Morgan fingerprint density at radius 2 is 1.64 bits per heavy atom. The second kappa shape index (κ2) is 19.6. The fraction of sp³-hybridized carbons (Fsp3) is 0.400. The summed E-state index contributed by atoms with van der Waals surface area (Å²) in [6.07, 6.45) is -0.758. The van der Waals surface area contributed by atoms with E-state index >= 15 is 0 Å². The number of hydrogen-bond acceptors (Lipinski definition) is 11. The summed E-state index contributed by atoms with van der Waals surface area (Å²) in [5, 5.41) is 17.2. The molecular weight excluding hydrogens is 769 g/mol. The van der Waals surface area contributed by atoms with E-state index in [-0.39, 0.29) is 45.2 Å². The summed E-state index contributed by atoms with van der Waals surface area (Å²) in [7, 11) is 4.03. The number of thiazole rings is 1. The minimum absolute atomic E-state index is 0.00816. The van der Waals surface area contributed by atoms with Gasteiger partial charge in [-0.25, -0.2) is 9.97 Å². The fourth-order valence-corrected chi connectivity index (χ4v) is 7.68. The third kappa shape index (κ3) is 11.4. The minimum atomic E-state index is -0.955. The maximum absolute atomic E-state index is 13.9. The molecule has 1 saturated heterocycles. The predicted octanol–water partition coefficient (Wildman–Crippen LogP) is 5.62. The van der Waals surface area contributed by atoms with E-state index in [1.807, 2.05) is 102 Å². The van der Waals surface area contributed by atoms with Crippen LogP contribution >= 0.6 is 11.3 Å². The molecular formula is C45H54N6O7S. The lowest BCUT2D eigenvalue weighted by molar-refractivity contribution is -0.144. The van der Waals surface area contributed by atoms with E-state index in [4.69, 9.17) is 19.2 Å².